The van der Waals surface area contributed by atoms with Crippen molar-refractivity contribution in [1.29, 1.82) is 0 Å². The third-order valence-electron chi connectivity index (χ3n) is 4.64. The number of amides is 2. The maximum Gasteiger partial charge on any atom is 0.317 e. The second kappa shape index (κ2) is 4.91. The zero-order valence-corrected chi connectivity index (χ0v) is 11.8. The highest BCUT2D eigenvalue weighted by molar-refractivity contribution is 5.79. The molecule has 2 saturated carbocycles. The summed E-state index contributed by atoms with van der Waals surface area (Å²) >= 11 is 0. The van der Waals surface area contributed by atoms with E-state index in [0.29, 0.717) is 12.0 Å². The molecule has 2 unspecified atom stereocenters. The lowest BCUT2D eigenvalue weighted by Gasteiger charge is -2.29. The summed E-state index contributed by atoms with van der Waals surface area (Å²) in [4.78, 5) is 25.7. The molecule has 2 N–H and O–H groups in total. The van der Waals surface area contributed by atoms with Crippen LogP contribution >= 0.6 is 0 Å². The molecule has 1 saturated heterocycles. The quantitative estimate of drug-likeness (QED) is 0.790. The lowest BCUT2D eigenvalue weighted by Crippen LogP contribution is -2.54. The minimum atomic E-state index is -1.02. The van der Waals surface area contributed by atoms with Gasteiger partial charge in [-0.15, -0.1) is 0 Å². The minimum absolute atomic E-state index is 0.123. The Bertz CT molecular complexity index is 419. The van der Waals surface area contributed by atoms with Gasteiger partial charge in [-0.25, -0.2) is 4.79 Å². The molecule has 1 heterocycles. The third-order valence-corrected chi connectivity index (χ3v) is 4.64. The zero-order chi connectivity index (χ0) is 14.3. The molecule has 20 heavy (non-hydrogen) atoms. The summed E-state index contributed by atoms with van der Waals surface area (Å²) in [6.07, 6.45) is 4.54. The van der Waals surface area contributed by atoms with E-state index in [0.717, 1.165) is 19.4 Å². The summed E-state index contributed by atoms with van der Waals surface area (Å²) in [6.45, 7) is 2.87. The molecule has 2 aliphatic carbocycles. The van der Waals surface area contributed by atoms with E-state index in [-0.39, 0.29) is 19.2 Å². The first kappa shape index (κ1) is 13.7. The topological polar surface area (TPSA) is 78.9 Å². The van der Waals surface area contributed by atoms with Gasteiger partial charge in [-0.3, -0.25) is 4.79 Å². The highest BCUT2D eigenvalue weighted by atomic mass is 16.5. The van der Waals surface area contributed by atoms with E-state index in [2.05, 4.69) is 5.32 Å². The summed E-state index contributed by atoms with van der Waals surface area (Å²) in [7, 11) is 0. The van der Waals surface area contributed by atoms with Gasteiger partial charge in [0, 0.05) is 12.6 Å². The van der Waals surface area contributed by atoms with Crippen molar-refractivity contribution in [1.82, 2.24) is 10.2 Å². The maximum absolute atomic E-state index is 12.4. The van der Waals surface area contributed by atoms with Gasteiger partial charge in [0.05, 0.1) is 19.3 Å². The van der Waals surface area contributed by atoms with Gasteiger partial charge in [0.1, 0.15) is 5.41 Å². The van der Waals surface area contributed by atoms with Crippen molar-refractivity contribution in [3.05, 3.63) is 0 Å². The van der Waals surface area contributed by atoms with Gasteiger partial charge in [0.15, 0.2) is 0 Å². The molecule has 3 aliphatic rings. The smallest absolute Gasteiger partial charge is 0.317 e. The Morgan fingerprint density at radius 1 is 1.35 bits per heavy atom. The molecule has 6 nitrogen and oxygen atoms in total. The second-order valence-corrected chi connectivity index (χ2v) is 6.57. The number of urea groups is 1. The molecule has 112 valence electrons. The minimum Gasteiger partial charge on any atom is -0.481 e. The van der Waals surface area contributed by atoms with E-state index >= 15 is 0 Å². The molecular weight excluding hydrogens is 260 g/mol. The van der Waals surface area contributed by atoms with Crippen LogP contribution in [-0.4, -0.2) is 53.8 Å². The number of hydrogen-bond donors (Lipinski definition) is 2. The van der Waals surface area contributed by atoms with E-state index in [1.807, 2.05) is 4.90 Å². The second-order valence-electron chi connectivity index (χ2n) is 6.57. The molecule has 0 aromatic rings. The summed E-state index contributed by atoms with van der Waals surface area (Å²) in [6, 6.07) is -0.218. The summed E-state index contributed by atoms with van der Waals surface area (Å²) in [5.41, 5.74) is -1.02. The van der Waals surface area contributed by atoms with Crippen LogP contribution in [0, 0.1) is 11.3 Å². The molecule has 0 spiro atoms. The number of aliphatic carboxylic acids is 1. The van der Waals surface area contributed by atoms with Crippen LogP contribution in [0.3, 0.4) is 0 Å². The van der Waals surface area contributed by atoms with E-state index in [1.54, 1.807) is 6.92 Å². The molecule has 0 radical (unpaired) electrons. The average Bonchev–Trinajstić information content (AvgIpc) is 3.28. The van der Waals surface area contributed by atoms with Crippen molar-refractivity contribution in [3.8, 4) is 0 Å². The standard InChI is InChI=1S/C14H22N2O4/c1-14(12(17)18)8-20-7-11(14)15-13(19)16(10-4-5-10)6-9-2-3-9/h9-11H,2-8H2,1H3,(H,15,19)(H,17,18). The number of ether oxygens (including phenoxy) is 1. The Hall–Kier alpha value is -1.30. The Kier molecular flexibility index (Phi) is 3.36. The predicted molar refractivity (Wildman–Crippen MR) is 71.3 cm³/mol. The van der Waals surface area contributed by atoms with Crippen LogP contribution in [0.2, 0.25) is 0 Å². The van der Waals surface area contributed by atoms with Crippen LogP contribution in [0.5, 0.6) is 0 Å². The first-order valence-electron chi connectivity index (χ1n) is 7.39. The van der Waals surface area contributed by atoms with Gasteiger partial charge >= 0.3 is 12.0 Å². The van der Waals surface area contributed by atoms with Gasteiger partial charge in [-0.05, 0) is 38.5 Å². The van der Waals surface area contributed by atoms with Crippen molar-refractivity contribution in [2.24, 2.45) is 11.3 Å². The molecule has 2 atom stereocenters. The lowest BCUT2D eigenvalue weighted by molar-refractivity contribution is -0.148. The van der Waals surface area contributed by atoms with E-state index in [1.165, 1.54) is 12.8 Å². The van der Waals surface area contributed by atoms with Gasteiger partial charge in [-0.1, -0.05) is 0 Å². The Morgan fingerprint density at radius 3 is 2.60 bits per heavy atom. The molecule has 1 aliphatic heterocycles. The number of nitrogens with one attached hydrogen (secondary N) is 1. The fourth-order valence-electron chi connectivity index (χ4n) is 2.68. The number of carboxylic acids is 1. The molecule has 3 fully saturated rings. The normalized spacial score (nSPS) is 33.0. The molecule has 0 bridgehead atoms. The predicted octanol–water partition coefficient (Wildman–Crippen LogP) is 1.06. The Morgan fingerprint density at radius 2 is 2.05 bits per heavy atom. The van der Waals surface area contributed by atoms with Crippen molar-refractivity contribution in [3.63, 3.8) is 0 Å². The number of rotatable bonds is 5. The molecule has 3 rings (SSSR count). The van der Waals surface area contributed by atoms with Crippen molar-refractivity contribution >= 4 is 12.0 Å². The van der Waals surface area contributed by atoms with Crippen molar-refractivity contribution in [2.45, 2.75) is 44.7 Å². The number of hydrogen-bond acceptors (Lipinski definition) is 3. The van der Waals surface area contributed by atoms with Gasteiger partial charge in [-0.2, -0.15) is 0 Å². The van der Waals surface area contributed by atoms with E-state index in [9.17, 15) is 14.7 Å². The van der Waals surface area contributed by atoms with Crippen LogP contribution in [0.1, 0.15) is 32.6 Å². The molecule has 0 aromatic heterocycles. The number of carbonyl (C=O) groups excluding carboxylic acids is 1. The van der Waals surface area contributed by atoms with Crippen molar-refractivity contribution in [2.75, 3.05) is 19.8 Å². The average molecular weight is 282 g/mol. The molecular formula is C14H22N2O4. The summed E-state index contributed by atoms with van der Waals surface area (Å²) in [5.74, 6) is -0.271. The Balaban J connectivity index is 1.63. The van der Waals surface area contributed by atoms with Crippen LogP contribution < -0.4 is 5.32 Å². The highest BCUT2D eigenvalue weighted by Crippen LogP contribution is 2.35. The zero-order valence-electron chi connectivity index (χ0n) is 11.8. The van der Waals surface area contributed by atoms with Gasteiger partial charge < -0.3 is 20.1 Å². The Labute approximate surface area is 118 Å². The first-order chi connectivity index (χ1) is 9.50. The highest BCUT2D eigenvalue weighted by Gasteiger charge is 2.48. The van der Waals surface area contributed by atoms with Crippen LogP contribution in [0.4, 0.5) is 4.79 Å². The van der Waals surface area contributed by atoms with Crippen molar-refractivity contribution < 1.29 is 19.4 Å². The molecule has 0 aromatic carbocycles. The summed E-state index contributed by atoms with van der Waals surface area (Å²) < 4.78 is 5.27. The monoisotopic (exact) mass is 282 g/mol. The number of nitrogens with zero attached hydrogens (tertiary/aromatic N) is 1. The van der Waals surface area contributed by atoms with Gasteiger partial charge in [0.25, 0.3) is 0 Å². The molecule has 6 heteroatoms. The lowest BCUT2D eigenvalue weighted by atomic mass is 9.85. The summed E-state index contributed by atoms with van der Waals surface area (Å²) in [5, 5.41) is 12.2. The number of carboxylic acid groups (broad SMARTS) is 1. The fraction of sp³-hybridized carbons (Fsp3) is 0.857. The van der Waals surface area contributed by atoms with Gasteiger partial charge in [0.2, 0.25) is 0 Å². The van der Waals surface area contributed by atoms with E-state index in [4.69, 9.17) is 4.74 Å². The van der Waals surface area contributed by atoms with Crippen LogP contribution in [0.15, 0.2) is 0 Å². The number of carbonyl (C=O) groups is 2. The van der Waals surface area contributed by atoms with Crippen LogP contribution in [-0.2, 0) is 9.53 Å². The first-order valence-corrected chi connectivity index (χ1v) is 7.39. The molecule has 2 amide bonds. The largest absolute Gasteiger partial charge is 0.481 e. The fourth-order valence-corrected chi connectivity index (χ4v) is 2.68. The van der Waals surface area contributed by atoms with Crippen LogP contribution in [0.25, 0.3) is 0 Å². The van der Waals surface area contributed by atoms with E-state index < -0.39 is 17.4 Å². The third kappa shape index (κ3) is 2.61. The maximum atomic E-state index is 12.4. The SMILES string of the molecule is CC1(C(=O)O)COCC1NC(=O)N(CC1CC1)C1CC1.